The summed E-state index contributed by atoms with van der Waals surface area (Å²) in [5, 5.41) is 27.1. The van der Waals surface area contributed by atoms with E-state index in [1.165, 1.54) is 0 Å². The van der Waals surface area contributed by atoms with Gasteiger partial charge in [0.25, 0.3) is 0 Å². The Balaban J connectivity index is 2.98. The molecule has 0 fully saturated rings. The van der Waals surface area contributed by atoms with Crippen molar-refractivity contribution in [2.45, 2.75) is 6.42 Å². The maximum Gasteiger partial charge on any atom is 0.149 e. The number of halogens is 1. The summed E-state index contributed by atoms with van der Waals surface area (Å²) in [6.45, 7) is 0. The van der Waals surface area contributed by atoms with Crippen LogP contribution in [-0.2, 0) is 6.42 Å². The van der Waals surface area contributed by atoms with E-state index in [1.807, 2.05) is 6.07 Å². The predicted molar refractivity (Wildman–Crippen MR) is 66.7 cm³/mol. The molecule has 4 nitrogen and oxygen atoms in total. The first kappa shape index (κ1) is 13.6. The van der Waals surface area contributed by atoms with Gasteiger partial charge >= 0.3 is 0 Å². The van der Waals surface area contributed by atoms with E-state index in [4.69, 9.17) is 33.1 Å². The Morgan fingerprint density at radius 2 is 1.72 bits per heavy atom. The van der Waals surface area contributed by atoms with Gasteiger partial charge in [-0.1, -0.05) is 23.7 Å². The second-order valence-electron chi connectivity index (χ2n) is 3.57. The van der Waals surface area contributed by atoms with Crippen LogP contribution >= 0.6 is 11.6 Å². The van der Waals surface area contributed by atoms with Crippen molar-refractivity contribution in [2.75, 3.05) is 0 Å². The van der Waals surface area contributed by atoms with Crippen LogP contribution < -0.4 is 5.73 Å². The lowest BCUT2D eigenvalue weighted by Crippen LogP contribution is -2.15. The third kappa shape index (κ3) is 3.25. The molecule has 0 aliphatic carbocycles. The lowest BCUT2D eigenvalue weighted by molar-refractivity contribution is 0.753. The highest BCUT2D eigenvalue weighted by Crippen LogP contribution is 2.17. The van der Waals surface area contributed by atoms with Gasteiger partial charge in [0.1, 0.15) is 17.7 Å². The molecule has 0 saturated carbocycles. The van der Waals surface area contributed by atoms with E-state index in [9.17, 15) is 0 Å². The van der Waals surface area contributed by atoms with Crippen molar-refractivity contribution < 1.29 is 0 Å². The molecule has 1 aromatic rings. The minimum atomic E-state index is -0.694. The van der Waals surface area contributed by atoms with E-state index >= 15 is 0 Å². The summed E-state index contributed by atoms with van der Waals surface area (Å²) < 4.78 is 0. The second-order valence-corrected chi connectivity index (χ2v) is 4.00. The van der Waals surface area contributed by atoms with Crippen LogP contribution in [0, 0.1) is 39.9 Å². The fourth-order valence-corrected chi connectivity index (χ4v) is 1.54. The molecular formula is C13H9ClN4. The second kappa shape index (κ2) is 6.30. The number of benzene rings is 1. The molecule has 0 aromatic heterocycles. The summed E-state index contributed by atoms with van der Waals surface area (Å²) in [7, 11) is 0. The summed E-state index contributed by atoms with van der Waals surface area (Å²) >= 11 is 5.75. The summed E-state index contributed by atoms with van der Waals surface area (Å²) in [6, 6.07) is 12.3. The Hall–Kier alpha value is -2.48. The van der Waals surface area contributed by atoms with Gasteiger partial charge in [0, 0.05) is 5.02 Å². The molecule has 0 aliphatic heterocycles. The number of allylic oxidation sites excluding steroid dienone is 2. The maximum atomic E-state index is 9.04. The molecule has 0 heterocycles. The van der Waals surface area contributed by atoms with Crippen LogP contribution in [0.3, 0.4) is 0 Å². The van der Waals surface area contributed by atoms with Gasteiger partial charge in [-0.05, 0) is 24.1 Å². The molecule has 2 N–H and O–H groups in total. The third-order valence-corrected chi connectivity index (χ3v) is 2.65. The van der Waals surface area contributed by atoms with Crippen LogP contribution in [0.1, 0.15) is 5.56 Å². The van der Waals surface area contributed by atoms with Gasteiger partial charge in [-0.2, -0.15) is 15.8 Å². The van der Waals surface area contributed by atoms with E-state index in [-0.39, 0.29) is 11.3 Å². The molecule has 0 saturated heterocycles. The fraction of sp³-hybridized carbons (Fsp3) is 0.154. The third-order valence-electron chi connectivity index (χ3n) is 2.40. The molecule has 0 unspecified atom stereocenters. The highest BCUT2D eigenvalue weighted by atomic mass is 35.5. The fourth-order valence-electron chi connectivity index (χ4n) is 1.41. The van der Waals surface area contributed by atoms with E-state index in [2.05, 4.69) is 0 Å². The minimum absolute atomic E-state index is 0.0115. The highest BCUT2D eigenvalue weighted by molar-refractivity contribution is 6.30. The van der Waals surface area contributed by atoms with E-state index in [0.717, 1.165) is 5.56 Å². The largest absolute Gasteiger partial charge is 0.399 e. The molecular weight excluding hydrogens is 248 g/mol. The standard InChI is InChI=1S/C13H9ClN4/c14-12-3-1-9(2-4-12)5-10(6-15)13(18)11(7-16)8-17/h1-4,10H,5,18H2/t10-/m1/s1. The number of hydrogen-bond acceptors (Lipinski definition) is 4. The van der Waals surface area contributed by atoms with Crippen LogP contribution in [0.25, 0.3) is 0 Å². The van der Waals surface area contributed by atoms with Gasteiger partial charge < -0.3 is 5.73 Å². The topological polar surface area (TPSA) is 97.4 Å². The van der Waals surface area contributed by atoms with Crippen molar-refractivity contribution in [2.24, 2.45) is 11.7 Å². The molecule has 0 aliphatic rings. The molecule has 1 atom stereocenters. The van der Waals surface area contributed by atoms with Crippen LogP contribution in [0.5, 0.6) is 0 Å². The molecule has 0 amide bonds. The number of nitriles is 3. The van der Waals surface area contributed by atoms with Crippen molar-refractivity contribution in [1.29, 1.82) is 15.8 Å². The summed E-state index contributed by atoms with van der Waals surface area (Å²) in [4.78, 5) is 0. The summed E-state index contributed by atoms with van der Waals surface area (Å²) in [5.41, 5.74) is 6.32. The first-order valence-corrected chi connectivity index (χ1v) is 5.44. The van der Waals surface area contributed by atoms with Gasteiger partial charge in [0.05, 0.1) is 17.7 Å². The van der Waals surface area contributed by atoms with Crippen molar-refractivity contribution in [1.82, 2.24) is 0 Å². The monoisotopic (exact) mass is 256 g/mol. The first-order chi connectivity index (χ1) is 8.62. The summed E-state index contributed by atoms with van der Waals surface area (Å²) in [5.74, 6) is -0.694. The number of nitrogens with zero attached hydrogens (tertiary/aromatic N) is 3. The molecule has 88 valence electrons. The molecule has 0 bridgehead atoms. The van der Waals surface area contributed by atoms with Gasteiger partial charge in [-0.15, -0.1) is 0 Å². The average Bonchev–Trinajstić information content (AvgIpc) is 2.39. The normalized spacial score (nSPS) is 10.6. The van der Waals surface area contributed by atoms with Gasteiger partial charge in [-0.25, -0.2) is 0 Å². The van der Waals surface area contributed by atoms with Crippen LogP contribution in [0.15, 0.2) is 35.5 Å². The maximum absolute atomic E-state index is 9.04. The Morgan fingerprint density at radius 3 is 2.17 bits per heavy atom. The van der Waals surface area contributed by atoms with Gasteiger partial charge in [-0.3, -0.25) is 0 Å². The zero-order valence-electron chi connectivity index (χ0n) is 9.39. The Labute approximate surface area is 110 Å². The summed E-state index contributed by atoms with van der Waals surface area (Å²) in [6.07, 6.45) is 0.340. The molecule has 1 rings (SSSR count). The Bertz CT molecular complexity index is 565. The van der Waals surface area contributed by atoms with Crippen molar-refractivity contribution >= 4 is 11.6 Å². The Morgan fingerprint density at radius 1 is 1.17 bits per heavy atom. The van der Waals surface area contributed by atoms with Crippen molar-refractivity contribution in [3.05, 3.63) is 46.1 Å². The van der Waals surface area contributed by atoms with Crippen LogP contribution in [0.2, 0.25) is 5.02 Å². The molecule has 18 heavy (non-hydrogen) atoms. The first-order valence-electron chi connectivity index (χ1n) is 5.06. The Kier molecular flexibility index (Phi) is 4.76. The minimum Gasteiger partial charge on any atom is -0.399 e. The van der Waals surface area contributed by atoms with Gasteiger partial charge in [0.2, 0.25) is 0 Å². The quantitative estimate of drug-likeness (QED) is 0.839. The number of nitrogens with two attached hydrogens (primary N) is 1. The SMILES string of the molecule is N#CC(C#N)=C(N)[C@@H](C#N)Cc1ccc(Cl)cc1. The molecule has 0 spiro atoms. The highest BCUT2D eigenvalue weighted by Gasteiger charge is 2.16. The van der Waals surface area contributed by atoms with E-state index in [1.54, 1.807) is 36.4 Å². The molecule has 5 heteroatoms. The average molecular weight is 257 g/mol. The zero-order chi connectivity index (χ0) is 13.5. The number of hydrogen-bond donors (Lipinski definition) is 1. The van der Waals surface area contributed by atoms with Gasteiger partial charge in [0.15, 0.2) is 0 Å². The lowest BCUT2D eigenvalue weighted by Gasteiger charge is -2.09. The van der Waals surface area contributed by atoms with E-state index < -0.39 is 5.92 Å². The lowest BCUT2D eigenvalue weighted by atomic mass is 9.95. The van der Waals surface area contributed by atoms with Crippen molar-refractivity contribution in [3.8, 4) is 18.2 Å². The zero-order valence-corrected chi connectivity index (χ0v) is 10.1. The predicted octanol–water partition coefficient (Wildman–Crippen LogP) is 2.28. The number of rotatable bonds is 3. The van der Waals surface area contributed by atoms with E-state index in [0.29, 0.717) is 11.4 Å². The van der Waals surface area contributed by atoms with Crippen LogP contribution in [-0.4, -0.2) is 0 Å². The van der Waals surface area contributed by atoms with Crippen LogP contribution in [0.4, 0.5) is 0 Å². The smallest absolute Gasteiger partial charge is 0.149 e. The molecule has 1 aromatic carbocycles. The van der Waals surface area contributed by atoms with Crippen molar-refractivity contribution in [3.63, 3.8) is 0 Å². The molecule has 0 radical (unpaired) electrons.